The first-order valence-electron chi connectivity index (χ1n) is 15.6. The molecule has 1 aromatic heterocycles. The molecule has 3 N–H and O–H groups in total. The molecule has 6 rings (SSSR count). The lowest BCUT2D eigenvalue weighted by Crippen LogP contribution is -2.44. The van der Waals surface area contributed by atoms with Crippen molar-refractivity contribution in [3.8, 4) is 11.3 Å². The zero-order valence-corrected chi connectivity index (χ0v) is 26.3. The molecule has 2 saturated heterocycles. The van der Waals surface area contributed by atoms with Gasteiger partial charge < -0.3 is 35.6 Å². The first-order chi connectivity index (χ1) is 22.3. The van der Waals surface area contributed by atoms with Gasteiger partial charge in [0.15, 0.2) is 0 Å². The minimum absolute atomic E-state index is 0. The Morgan fingerprint density at radius 2 is 1.50 bits per heavy atom. The lowest BCUT2D eigenvalue weighted by molar-refractivity contribution is -0.111. The molecule has 0 bridgehead atoms. The highest BCUT2D eigenvalue weighted by molar-refractivity contribution is 5.99. The number of anilines is 7. The van der Waals surface area contributed by atoms with E-state index in [-0.39, 0.29) is 16.0 Å². The summed E-state index contributed by atoms with van der Waals surface area (Å²) < 4.78 is 15.4. The number of rotatable bonds is 9. The van der Waals surface area contributed by atoms with E-state index in [9.17, 15) is 4.79 Å². The van der Waals surface area contributed by atoms with Crippen LogP contribution in [0.1, 0.15) is 4.28 Å². The van der Waals surface area contributed by atoms with E-state index in [1.54, 1.807) is 12.3 Å². The summed E-state index contributed by atoms with van der Waals surface area (Å²) in [5.41, 5.74) is 5.72. The van der Waals surface area contributed by atoms with E-state index in [1.165, 1.54) is 12.1 Å². The number of halogens is 1. The monoisotopic (exact) mass is 627 g/mol. The van der Waals surface area contributed by atoms with Crippen LogP contribution in [0.5, 0.6) is 0 Å². The minimum atomic E-state index is -0.309. The summed E-state index contributed by atoms with van der Waals surface area (Å²) in [6.07, 6.45) is 2.92. The summed E-state index contributed by atoms with van der Waals surface area (Å²) in [5.74, 6) is -0.186. The topological polar surface area (TPSA) is 91.9 Å². The predicted octanol–water partition coefficient (Wildman–Crippen LogP) is 6.14. The Kier molecular flexibility index (Phi) is 9.41. The third-order valence-corrected chi connectivity index (χ3v) is 8.42. The van der Waals surface area contributed by atoms with Crippen molar-refractivity contribution in [2.45, 2.75) is 0 Å². The van der Waals surface area contributed by atoms with Gasteiger partial charge in [-0.15, -0.1) is 0 Å². The van der Waals surface area contributed by atoms with Crippen molar-refractivity contribution in [1.29, 1.82) is 0 Å². The molecule has 0 aliphatic carbocycles. The number of hydrogen-bond donors (Lipinski definition) is 3. The average Bonchev–Trinajstić information content (AvgIpc) is 3.06. The zero-order chi connectivity index (χ0) is 32.0. The van der Waals surface area contributed by atoms with E-state index >= 15 is 4.39 Å². The van der Waals surface area contributed by atoms with Gasteiger partial charge in [-0.2, -0.15) is 0 Å². The fourth-order valence-corrected chi connectivity index (χ4v) is 5.71. The lowest BCUT2D eigenvalue weighted by Gasteiger charge is -2.34. The molecule has 2 aliphatic heterocycles. The molecule has 11 heteroatoms. The molecule has 3 aromatic carbocycles. The Morgan fingerprint density at radius 1 is 0.826 bits per heavy atom. The predicted molar refractivity (Wildman–Crippen MR) is 191 cm³/mol. The lowest BCUT2D eigenvalue weighted by atomic mass is 10.1. The van der Waals surface area contributed by atoms with Crippen molar-refractivity contribution < 1.29 is 13.5 Å². The second kappa shape index (κ2) is 14.0. The highest BCUT2D eigenvalue weighted by Crippen LogP contribution is 2.33. The number of hydrogen-bond acceptors (Lipinski definition) is 9. The van der Waals surface area contributed by atoms with Crippen molar-refractivity contribution >= 4 is 46.0 Å². The van der Waals surface area contributed by atoms with Gasteiger partial charge >= 0.3 is 0 Å². The number of carbonyl (C=O) groups excluding carboxylic acids is 1. The van der Waals surface area contributed by atoms with Crippen LogP contribution >= 0.6 is 0 Å². The maximum Gasteiger partial charge on any atom is 0.247 e. The highest BCUT2D eigenvalue weighted by Gasteiger charge is 2.19. The Balaban J connectivity index is 0.00000217. The minimum Gasteiger partial charge on any atom is -0.369 e. The molecular weight excluding hydrogens is 581 g/mol. The molecule has 2 fully saturated rings. The summed E-state index contributed by atoms with van der Waals surface area (Å²) in [7, 11) is 4.22. The molecule has 10 nitrogen and oxygen atoms in total. The molecule has 1 amide bonds. The van der Waals surface area contributed by atoms with Gasteiger partial charge in [0.2, 0.25) is 11.9 Å². The number of aromatic nitrogens is 2. The van der Waals surface area contributed by atoms with Crippen molar-refractivity contribution in [1.82, 2.24) is 19.8 Å². The highest BCUT2D eigenvalue weighted by atomic mass is 19.1. The number of piperazine rings is 2. The second-order valence-corrected chi connectivity index (χ2v) is 11.8. The largest absolute Gasteiger partial charge is 0.369 e. The third kappa shape index (κ3) is 7.44. The number of nitrogens with one attached hydrogen (secondary N) is 3. The Morgan fingerprint density at radius 3 is 2.22 bits per heavy atom. The van der Waals surface area contributed by atoms with E-state index in [2.05, 4.69) is 73.3 Å². The molecule has 244 valence electrons. The Labute approximate surface area is 274 Å². The molecule has 4 aromatic rings. The summed E-state index contributed by atoms with van der Waals surface area (Å²) in [6, 6.07) is 20.8. The zero-order valence-electron chi connectivity index (χ0n) is 26.3. The number of benzene rings is 3. The normalized spacial score (nSPS) is 15.8. The van der Waals surface area contributed by atoms with Gasteiger partial charge in [0.25, 0.3) is 0 Å². The van der Waals surface area contributed by atoms with Crippen LogP contribution in [0.3, 0.4) is 0 Å². The molecule has 0 spiro atoms. The summed E-state index contributed by atoms with van der Waals surface area (Å²) in [6.45, 7) is 10.9. The number of carbonyl (C=O) groups is 1. The number of nitrogens with zero attached hydrogens (tertiary/aromatic N) is 6. The van der Waals surface area contributed by atoms with Crippen molar-refractivity contribution in [2.24, 2.45) is 0 Å². The molecule has 46 heavy (non-hydrogen) atoms. The molecule has 3 heterocycles. The van der Waals surface area contributed by atoms with Gasteiger partial charge in [0, 0.05) is 85.0 Å². The van der Waals surface area contributed by atoms with Crippen molar-refractivity contribution in [3.63, 3.8) is 0 Å². The first kappa shape index (κ1) is 31.0. The Bertz CT molecular complexity index is 1710. The summed E-state index contributed by atoms with van der Waals surface area (Å²) in [4.78, 5) is 30.6. The van der Waals surface area contributed by atoms with Gasteiger partial charge in [0.05, 0.1) is 23.3 Å². The fraction of sp³-hybridized carbons (Fsp3) is 0.286. The van der Waals surface area contributed by atoms with Crippen LogP contribution in [0.15, 0.2) is 85.6 Å². The third-order valence-electron chi connectivity index (χ3n) is 8.42. The second-order valence-electron chi connectivity index (χ2n) is 11.8. The van der Waals surface area contributed by atoms with E-state index in [1.807, 2.05) is 42.5 Å². The van der Waals surface area contributed by atoms with E-state index in [4.69, 9.17) is 4.98 Å². The molecule has 0 unspecified atom stereocenters. The van der Waals surface area contributed by atoms with E-state index in [0.717, 1.165) is 69.3 Å². The first-order valence-corrected chi connectivity index (χ1v) is 15.6. The van der Waals surface area contributed by atoms with Crippen LogP contribution < -0.4 is 25.8 Å². The quantitative estimate of drug-likeness (QED) is 0.190. The smallest absolute Gasteiger partial charge is 0.247 e. The number of amides is 1. The van der Waals surface area contributed by atoms with Crippen LogP contribution in [-0.4, -0.2) is 92.1 Å². The van der Waals surface area contributed by atoms with Gasteiger partial charge in [-0.3, -0.25) is 4.79 Å². The fourth-order valence-electron chi connectivity index (χ4n) is 5.71. The molecular formula is C35H46FN9O. The van der Waals surface area contributed by atoms with Gasteiger partial charge in [-0.05, 0) is 68.7 Å². The number of likely N-dealkylation sites (N-methyl/N-ethyl adjacent to an activating group) is 2. The van der Waals surface area contributed by atoms with Gasteiger partial charge in [-0.25, -0.2) is 14.4 Å². The summed E-state index contributed by atoms with van der Waals surface area (Å²) >= 11 is 0. The van der Waals surface area contributed by atoms with Gasteiger partial charge in [-0.1, -0.05) is 24.8 Å². The van der Waals surface area contributed by atoms with E-state index < -0.39 is 0 Å². The standard InChI is InChI=1S/C35H40FN9O.3H2/c1-4-33(46)39-26-8-5-7-25(21-26)34-31(38-28-11-12-32(30(36)23-28)45-19-15-43(3)16-20-45)24-37-35(41-34)40-27-9-6-10-29(22-27)44-17-13-42(2)14-18-44;;;/h4-12,21-24,38H,1,13-20H2,2-3H3,(H,39,46)(H,37,40,41);3*1H. The molecule has 2 aliphatic rings. The van der Waals surface area contributed by atoms with Crippen LogP contribution in [-0.2, 0) is 4.79 Å². The van der Waals surface area contributed by atoms with Crippen LogP contribution in [0.4, 0.5) is 44.5 Å². The summed E-state index contributed by atoms with van der Waals surface area (Å²) in [5, 5.41) is 9.51. The molecule has 0 radical (unpaired) electrons. The van der Waals surface area contributed by atoms with Crippen LogP contribution in [0, 0.1) is 5.82 Å². The van der Waals surface area contributed by atoms with Crippen LogP contribution in [0.2, 0.25) is 0 Å². The van der Waals surface area contributed by atoms with Gasteiger partial charge in [0.1, 0.15) is 5.82 Å². The molecule has 0 saturated carbocycles. The maximum atomic E-state index is 15.4. The Hall–Kier alpha value is -5.00. The molecule has 0 atom stereocenters. The van der Waals surface area contributed by atoms with Crippen molar-refractivity contribution in [2.75, 3.05) is 92.2 Å². The maximum absolute atomic E-state index is 15.4. The van der Waals surface area contributed by atoms with Crippen molar-refractivity contribution in [3.05, 3.63) is 91.4 Å². The van der Waals surface area contributed by atoms with Crippen LogP contribution in [0.25, 0.3) is 11.3 Å². The van der Waals surface area contributed by atoms with E-state index in [0.29, 0.717) is 34.4 Å². The SMILES string of the molecule is C=CC(=O)Nc1cccc(-c2nc(Nc3cccc(N4CCN(C)CC4)c3)ncc2Nc2ccc(N3CCN(C)CC3)c(F)c2)c1.[HH].[HH].[HH]. The average molecular weight is 628 g/mol.